The largest absolute Gasteiger partial charge is 0.444 e. The zero-order valence-corrected chi connectivity index (χ0v) is 14.7. The van der Waals surface area contributed by atoms with Gasteiger partial charge in [-0.25, -0.2) is 9.59 Å². The first-order chi connectivity index (χ1) is 11.0. The minimum atomic E-state index is -0.935. The van der Waals surface area contributed by atoms with Gasteiger partial charge in [0.2, 0.25) is 0 Å². The zero-order valence-electron chi connectivity index (χ0n) is 14.7. The molecule has 136 valence electrons. The normalized spacial score (nSPS) is 16.2. The van der Waals surface area contributed by atoms with Crippen molar-refractivity contribution in [2.45, 2.75) is 59.1 Å². The summed E-state index contributed by atoms with van der Waals surface area (Å²) in [7, 11) is 0. The molecule has 1 rings (SSSR count). The number of hydrogen-bond acceptors (Lipinski definition) is 6. The van der Waals surface area contributed by atoms with Gasteiger partial charge in [0.1, 0.15) is 5.60 Å². The van der Waals surface area contributed by atoms with Crippen LogP contribution in [-0.2, 0) is 19.2 Å². The Hall–Kier alpha value is -2.32. The van der Waals surface area contributed by atoms with Gasteiger partial charge < -0.3 is 20.2 Å². The number of amides is 4. The van der Waals surface area contributed by atoms with E-state index in [4.69, 9.17) is 9.57 Å². The molecule has 0 aromatic heterocycles. The molecule has 0 spiro atoms. The summed E-state index contributed by atoms with van der Waals surface area (Å²) in [5.41, 5.74) is -0.631. The summed E-state index contributed by atoms with van der Waals surface area (Å²) in [5, 5.41) is 5.54. The summed E-state index contributed by atoms with van der Waals surface area (Å²) in [5.74, 6) is -1.10. The van der Waals surface area contributed by atoms with Gasteiger partial charge in [-0.3, -0.25) is 9.59 Å². The van der Waals surface area contributed by atoms with Crippen molar-refractivity contribution in [2.75, 3.05) is 6.54 Å². The second kappa shape index (κ2) is 7.98. The molecule has 0 aromatic carbocycles. The Morgan fingerprint density at radius 2 is 1.67 bits per heavy atom. The number of hydroxylamine groups is 2. The van der Waals surface area contributed by atoms with Crippen molar-refractivity contribution < 1.29 is 28.8 Å². The lowest BCUT2D eigenvalue weighted by molar-refractivity contribution is -0.171. The molecular formula is C15H25N3O6. The molecule has 0 bridgehead atoms. The maximum atomic E-state index is 11.8. The van der Waals surface area contributed by atoms with Crippen molar-refractivity contribution in [3.63, 3.8) is 0 Å². The monoisotopic (exact) mass is 343 g/mol. The van der Waals surface area contributed by atoms with Gasteiger partial charge in [-0.1, -0.05) is 13.8 Å². The van der Waals surface area contributed by atoms with E-state index in [-0.39, 0.29) is 25.3 Å². The van der Waals surface area contributed by atoms with Gasteiger partial charge >= 0.3 is 12.2 Å². The number of ether oxygens (including phenoxy) is 1. The first kappa shape index (κ1) is 19.7. The van der Waals surface area contributed by atoms with E-state index in [2.05, 4.69) is 10.6 Å². The van der Waals surface area contributed by atoms with Gasteiger partial charge in [0.15, 0.2) is 0 Å². The lowest BCUT2D eigenvalue weighted by Gasteiger charge is -2.26. The average molecular weight is 343 g/mol. The molecule has 0 radical (unpaired) electrons. The number of carbonyl (C=O) groups is 4. The molecule has 1 aliphatic heterocycles. The van der Waals surface area contributed by atoms with Crippen molar-refractivity contribution in [2.24, 2.45) is 5.92 Å². The highest BCUT2D eigenvalue weighted by atomic mass is 16.7. The summed E-state index contributed by atoms with van der Waals surface area (Å²) in [6.07, 6.45) is -1.47. The second-order valence-corrected chi connectivity index (χ2v) is 6.84. The van der Waals surface area contributed by atoms with Crippen LogP contribution in [0.1, 0.15) is 47.5 Å². The van der Waals surface area contributed by atoms with E-state index in [0.29, 0.717) is 5.06 Å². The molecule has 2 N–H and O–H groups in total. The van der Waals surface area contributed by atoms with E-state index in [1.165, 1.54) is 0 Å². The average Bonchev–Trinajstić information content (AvgIpc) is 2.73. The first-order valence-electron chi connectivity index (χ1n) is 7.80. The lowest BCUT2D eigenvalue weighted by Crippen LogP contribution is -2.49. The number of hydrogen-bond donors (Lipinski definition) is 2. The first-order valence-corrected chi connectivity index (χ1v) is 7.80. The number of nitrogens with zero attached hydrogens (tertiary/aromatic N) is 1. The minimum Gasteiger partial charge on any atom is -0.444 e. The van der Waals surface area contributed by atoms with Crippen molar-refractivity contribution in [3.8, 4) is 0 Å². The van der Waals surface area contributed by atoms with Crippen LogP contribution >= 0.6 is 0 Å². The van der Waals surface area contributed by atoms with Gasteiger partial charge in [-0.2, -0.15) is 0 Å². The molecule has 1 aliphatic rings. The number of alkyl carbamates (subject to hydrolysis) is 1. The molecule has 1 fully saturated rings. The quantitative estimate of drug-likeness (QED) is 0.728. The second-order valence-electron chi connectivity index (χ2n) is 6.84. The predicted octanol–water partition coefficient (Wildman–Crippen LogP) is 1.33. The fourth-order valence-electron chi connectivity index (χ4n) is 1.88. The smallest absolute Gasteiger partial charge is 0.432 e. The lowest BCUT2D eigenvalue weighted by atomic mass is 10.1. The Morgan fingerprint density at radius 3 is 2.12 bits per heavy atom. The van der Waals surface area contributed by atoms with Crippen molar-refractivity contribution in [1.82, 2.24) is 15.7 Å². The fraction of sp³-hybridized carbons (Fsp3) is 0.733. The third-order valence-electron chi connectivity index (χ3n) is 3.15. The molecule has 24 heavy (non-hydrogen) atoms. The van der Waals surface area contributed by atoms with Gasteiger partial charge in [-0.05, 0) is 26.7 Å². The van der Waals surface area contributed by atoms with Crippen molar-refractivity contribution in [3.05, 3.63) is 0 Å². The van der Waals surface area contributed by atoms with Crippen LogP contribution in [0.25, 0.3) is 0 Å². The van der Waals surface area contributed by atoms with Gasteiger partial charge in [0.05, 0.1) is 6.04 Å². The van der Waals surface area contributed by atoms with Crippen LogP contribution in [0.2, 0.25) is 0 Å². The summed E-state index contributed by atoms with van der Waals surface area (Å²) >= 11 is 0. The maximum absolute atomic E-state index is 11.8. The van der Waals surface area contributed by atoms with Crippen LogP contribution in [0.3, 0.4) is 0 Å². The van der Waals surface area contributed by atoms with Crippen LogP contribution in [0.15, 0.2) is 0 Å². The highest BCUT2D eigenvalue weighted by Gasteiger charge is 2.33. The Bertz CT molecular complexity index is 496. The fourth-order valence-corrected chi connectivity index (χ4v) is 1.88. The summed E-state index contributed by atoms with van der Waals surface area (Å²) < 4.78 is 5.17. The molecule has 0 aromatic rings. The molecule has 0 unspecified atom stereocenters. The minimum absolute atomic E-state index is 0.00729. The van der Waals surface area contributed by atoms with E-state index in [1.54, 1.807) is 20.8 Å². The molecule has 0 saturated carbocycles. The highest BCUT2D eigenvalue weighted by Crippen LogP contribution is 2.12. The molecule has 0 aliphatic carbocycles. The van der Waals surface area contributed by atoms with Gasteiger partial charge in [0, 0.05) is 19.4 Å². The molecule has 1 heterocycles. The van der Waals surface area contributed by atoms with E-state index >= 15 is 0 Å². The van der Waals surface area contributed by atoms with Gasteiger partial charge in [-0.15, -0.1) is 5.06 Å². The molecular weight excluding hydrogens is 318 g/mol. The molecule has 1 atom stereocenters. The van der Waals surface area contributed by atoms with E-state index in [9.17, 15) is 19.2 Å². The van der Waals surface area contributed by atoms with E-state index in [1.807, 2.05) is 13.8 Å². The number of carbonyl (C=O) groups excluding carboxylic acids is 4. The Labute approximate surface area is 141 Å². The zero-order chi connectivity index (χ0) is 18.5. The van der Waals surface area contributed by atoms with Crippen LogP contribution in [0, 0.1) is 5.92 Å². The molecule has 4 amide bonds. The summed E-state index contributed by atoms with van der Waals surface area (Å²) in [6.45, 7) is 9.03. The van der Waals surface area contributed by atoms with Crippen LogP contribution < -0.4 is 10.6 Å². The van der Waals surface area contributed by atoms with Crippen LogP contribution in [-0.4, -0.2) is 47.3 Å². The number of rotatable bonds is 5. The van der Waals surface area contributed by atoms with E-state index in [0.717, 1.165) is 0 Å². The summed E-state index contributed by atoms with van der Waals surface area (Å²) in [4.78, 5) is 51.0. The topological polar surface area (TPSA) is 114 Å². The molecule has 9 heteroatoms. The standard InChI is InChI=1S/C15H25N3O6/c1-9(2)10(17-14(22)23-15(3,4)5)8-16-13(21)24-18-11(19)6-7-12(18)20/h9-10H,6-8H2,1-5H3,(H,16,21)(H,17,22)/t10-/m1/s1. The maximum Gasteiger partial charge on any atom is 0.432 e. The highest BCUT2D eigenvalue weighted by molar-refractivity contribution is 6.01. The van der Waals surface area contributed by atoms with Crippen molar-refractivity contribution >= 4 is 24.0 Å². The predicted molar refractivity (Wildman–Crippen MR) is 83.6 cm³/mol. The summed E-state index contributed by atoms with van der Waals surface area (Å²) in [6, 6.07) is -0.405. The number of imide groups is 1. The van der Waals surface area contributed by atoms with E-state index < -0.39 is 35.6 Å². The van der Waals surface area contributed by atoms with Crippen LogP contribution in [0.5, 0.6) is 0 Å². The Balaban J connectivity index is 2.48. The SMILES string of the molecule is CC(C)[C@@H](CNC(=O)ON1C(=O)CCC1=O)NC(=O)OC(C)(C)C. The van der Waals surface area contributed by atoms with Crippen molar-refractivity contribution in [1.29, 1.82) is 0 Å². The Kier molecular flexibility index (Phi) is 6.56. The van der Waals surface area contributed by atoms with Gasteiger partial charge in [0.25, 0.3) is 11.8 Å². The molecule has 1 saturated heterocycles. The number of nitrogens with one attached hydrogen (secondary N) is 2. The van der Waals surface area contributed by atoms with Crippen LogP contribution in [0.4, 0.5) is 9.59 Å². The third kappa shape index (κ3) is 6.43. The molecule has 9 nitrogen and oxygen atoms in total. The Morgan fingerprint density at radius 1 is 1.12 bits per heavy atom. The third-order valence-corrected chi connectivity index (χ3v) is 3.15.